The van der Waals surface area contributed by atoms with Gasteiger partial charge < -0.3 is 9.80 Å². The summed E-state index contributed by atoms with van der Waals surface area (Å²) in [5, 5.41) is 3.39. The van der Waals surface area contributed by atoms with Gasteiger partial charge in [-0.05, 0) is 39.8 Å². The highest BCUT2D eigenvalue weighted by Gasteiger charge is 2.56. The lowest BCUT2D eigenvalue weighted by molar-refractivity contribution is -0.131. The monoisotopic (exact) mass is 237 g/mol. The van der Waals surface area contributed by atoms with Crippen LogP contribution in [0.25, 0.3) is 0 Å². The molecule has 0 aromatic heterocycles. The van der Waals surface area contributed by atoms with Crippen LogP contribution in [0.15, 0.2) is 0 Å². The lowest BCUT2D eigenvalue weighted by Gasteiger charge is -2.39. The third-order valence-electron chi connectivity index (χ3n) is 5.02. The van der Waals surface area contributed by atoms with E-state index >= 15 is 0 Å². The summed E-state index contributed by atoms with van der Waals surface area (Å²) in [6, 6.07) is 0. The smallest absolute Gasteiger partial charge is 0.244 e. The van der Waals surface area contributed by atoms with Crippen molar-refractivity contribution >= 4 is 5.91 Å². The number of rotatable bonds is 3. The van der Waals surface area contributed by atoms with Gasteiger partial charge in [-0.2, -0.15) is 0 Å². The molecule has 0 aromatic rings. The first-order valence-electron chi connectivity index (χ1n) is 6.80. The third-order valence-corrected chi connectivity index (χ3v) is 5.02. The topological polar surface area (TPSA) is 35.6 Å². The molecule has 3 aliphatic rings. The van der Waals surface area contributed by atoms with Gasteiger partial charge in [0.1, 0.15) is 0 Å². The molecule has 3 fully saturated rings. The number of carbonyl (C=O) groups excluding carboxylic acids is 1. The Hall–Kier alpha value is -0.610. The van der Waals surface area contributed by atoms with Crippen LogP contribution in [0.5, 0.6) is 0 Å². The number of hydrogen-bond donors (Lipinski definition) is 1. The van der Waals surface area contributed by atoms with E-state index in [1.165, 1.54) is 25.7 Å². The Morgan fingerprint density at radius 1 is 1.24 bits per heavy atom. The molecule has 3 rings (SSSR count). The van der Waals surface area contributed by atoms with Crippen LogP contribution < -0.4 is 5.32 Å². The summed E-state index contributed by atoms with van der Waals surface area (Å²) in [5.74, 6) is 0.352. The summed E-state index contributed by atoms with van der Waals surface area (Å²) >= 11 is 0. The highest BCUT2D eigenvalue weighted by molar-refractivity contribution is 5.91. The maximum absolute atomic E-state index is 12.3. The van der Waals surface area contributed by atoms with Gasteiger partial charge in [-0.15, -0.1) is 0 Å². The number of carbonyl (C=O) groups is 1. The van der Waals surface area contributed by atoms with Gasteiger partial charge in [-0.25, -0.2) is 0 Å². The van der Waals surface area contributed by atoms with Crippen molar-refractivity contribution in [3.8, 4) is 0 Å². The third kappa shape index (κ3) is 1.69. The van der Waals surface area contributed by atoms with Crippen LogP contribution >= 0.6 is 0 Å². The minimum absolute atomic E-state index is 0.133. The minimum Gasteiger partial charge on any atom is -0.326 e. The summed E-state index contributed by atoms with van der Waals surface area (Å²) in [4.78, 5) is 16.7. The number of nitrogens with one attached hydrogen (secondary N) is 1. The fourth-order valence-corrected chi connectivity index (χ4v) is 3.48. The van der Waals surface area contributed by atoms with Crippen molar-refractivity contribution in [2.45, 2.75) is 49.6 Å². The van der Waals surface area contributed by atoms with Crippen molar-refractivity contribution in [3.05, 3.63) is 0 Å². The van der Waals surface area contributed by atoms with E-state index in [4.69, 9.17) is 0 Å². The van der Waals surface area contributed by atoms with Crippen LogP contribution in [-0.2, 0) is 4.79 Å². The first kappa shape index (κ1) is 11.5. The van der Waals surface area contributed by atoms with Gasteiger partial charge in [0.2, 0.25) is 5.91 Å². The quantitative estimate of drug-likeness (QED) is 0.788. The van der Waals surface area contributed by atoms with Crippen LogP contribution in [0, 0.1) is 0 Å². The number of hydrogen-bond acceptors (Lipinski definition) is 3. The average Bonchev–Trinajstić information content (AvgIpc) is 2.83. The zero-order chi connectivity index (χ0) is 12.1. The highest BCUT2D eigenvalue weighted by atomic mass is 16.2. The number of likely N-dealkylation sites (N-methyl/N-ethyl adjacent to an activating group) is 1. The lowest BCUT2D eigenvalue weighted by atomic mass is 9.95. The molecule has 1 heterocycles. The molecule has 1 amide bonds. The average molecular weight is 237 g/mol. The maximum atomic E-state index is 12.3. The van der Waals surface area contributed by atoms with Crippen molar-refractivity contribution < 1.29 is 4.79 Å². The molecule has 4 nitrogen and oxygen atoms in total. The van der Waals surface area contributed by atoms with Crippen molar-refractivity contribution in [1.82, 2.24) is 15.1 Å². The van der Waals surface area contributed by atoms with Gasteiger partial charge in [0.05, 0.1) is 12.2 Å². The predicted molar refractivity (Wildman–Crippen MR) is 66.6 cm³/mol. The molecule has 4 heteroatoms. The Morgan fingerprint density at radius 2 is 1.88 bits per heavy atom. The summed E-state index contributed by atoms with van der Waals surface area (Å²) < 4.78 is 0. The first-order chi connectivity index (χ1) is 8.08. The molecule has 17 heavy (non-hydrogen) atoms. The van der Waals surface area contributed by atoms with Gasteiger partial charge in [0, 0.05) is 12.1 Å². The van der Waals surface area contributed by atoms with Crippen LogP contribution in [0.4, 0.5) is 0 Å². The van der Waals surface area contributed by atoms with Gasteiger partial charge in [-0.1, -0.05) is 12.8 Å². The van der Waals surface area contributed by atoms with Crippen molar-refractivity contribution in [2.75, 3.05) is 27.3 Å². The Morgan fingerprint density at radius 3 is 2.35 bits per heavy atom. The molecule has 1 spiro atoms. The number of amides is 1. The maximum Gasteiger partial charge on any atom is 0.244 e. The summed E-state index contributed by atoms with van der Waals surface area (Å²) in [6.45, 7) is 1.67. The van der Waals surface area contributed by atoms with Crippen LogP contribution in [0.1, 0.15) is 38.5 Å². The minimum atomic E-state index is -0.133. The van der Waals surface area contributed by atoms with E-state index in [-0.39, 0.29) is 11.1 Å². The molecule has 2 aliphatic carbocycles. The first-order valence-corrected chi connectivity index (χ1v) is 6.80. The van der Waals surface area contributed by atoms with E-state index in [1.54, 1.807) is 0 Å². The fourth-order valence-electron chi connectivity index (χ4n) is 3.48. The van der Waals surface area contributed by atoms with Gasteiger partial charge in [-0.3, -0.25) is 10.1 Å². The van der Waals surface area contributed by atoms with E-state index in [1.807, 2.05) is 0 Å². The molecule has 0 radical (unpaired) electrons. The molecule has 0 bridgehead atoms. The predicted octanol–water partition coefficient (Wildman–Crippen LogP) is 0.783. The molecule has 0 atom stereocenters. The van der Waals surface area contributed by atoms with Crippen molar-refractivity contribution in [3.63, 3.8) is 0 Å². The largest absolute Gasteiger partial charge is 0.326 e. The highest BCUT2D eigenvalue weighted by Crippen LogP contribution is 2.42. The van der Waals surface area contributed by atoms with E-state index in [0.29, 0.717) is 5.91 Å². The molecule has 1 N–H and O–H groups in total. The van der Waals surface area contributed by atoms with Crippen molar-refractivity contribution in [1.29, 1.82) is 0 Å². The van der Waals surface area contributed by atoms with E-state index in [0.717, 1.165) is 26.1 Å². The van der Waals surface area contributed by atoms with E-state index in [2.05, 4.69) is 29.2 Å². The SMILES string of the molecule is CN(C)C1(CN2CNC3(CC3)C2=O)CCCC1. The fraction of sp³-hybridized carbons (Fsp3) is 0.923. The Bertz CT molecular complexity index is 330. The lowest BCUT2D eigenvalue weighted by Crippen LogP contribution is -2.51. The van der Waals surface area contributed by atoms with E-state index < -0.39 is 0 Å². The number of nitrogens with zero attached hydrogens (tertiary/aromatic N) is 2. The van der Waals surface area contributed by atoms with Gasteiger partial charge in [0.25, 0.3) is 0 Å². The molecule has 0 unspecified atom stereocenters. The molecule has 1 aliphatic heterocycles. The molecular formula is C13H23N3O. The summed E-state index contributed by atoms with van der Waals surface area (Å²) in [5.41, 5.74) is 0.101. The second-order valence-corrected chi connectivity index (χ2v) is 6.25. The summed E-state index contributed by atoms with van der Waals surface area (Å²) in [7, 11) is 4.32. The van der Waals surface area contributed by atoms with Crippen molar-refractivity contribution in [2.24, 2.45) is 0 Å². The second-order valence-electron chi connectivity index (χ2n) is 6.25. The van der Waals surface area contributed by atoms with E-state index in [9.17, 15) is 4.79 Å². The second kappa shape index (κ2) is 3.69. The van der Waals surface area contributed by atoms with Crippen LogP contribution in [0.3, 0.4) is 0 Å². The molecular weight excluding hydrogens is 214 g/mol. The summed E-state index contributed by atoms with van der Waals surface area (Å²) in [6.07, 6.45) is 7.15. The Labute approximate surface area is 103 Å². The zero-order valence-corrected chi connectivity index (χ0v) is 11.0. The van der Waals surface area contributed by atoms with Crippen LogP contribution in [-0.4, -0.2) is 54.1 Å². The molecule has 2 saturated carbocycles. The Balaban J connectivity index is 1.71. The molecule has 0 aromatic carbocycles. The Kier molecular flexibility index (Phi) is 2.49. The van der Waals surface area contributed by atoms with Gasteiger partial charge in [0.15, 0.2) is 0 Å². The molecule has 1 saturated heterocycles. The zero-order valence-electron chi connectivity index (χ0n) is 11.0. The molecule has 96 valence electrons. The normalized spacial score (nSPS) is 29.6. The van der Waals surface area contributed by atoms with Crippen LogP contribution in [0.2, 0.25) is 0 Å². The van der Waals surface area contributed by atoms with Gasteiger partial charge >= 0.3 is 0 Å². The standard InChI is InChI=1S/C13H23N3O/c1-15(2)12(5-3-4-6-12)9-16-10-14-13(7-8-13)11(16)17/h14H,3-10H2,1-2H3.